The lowest BCUT2D eigenvalue weighted by Gasteiger charge is -2.33. The van der Waals surface area contributed by atoms with Gasteiger partial charge in [0.1, 0.15) is 6.10 Å². The van der Waals surface area contributed by atoms with E-state index in [0.717, 1.165) is 31.2 Å². The van der Waals surface area contributed by atoms with Gasteiger partial charge in [0.15, 0.2) is 11.9 Å². The molecule has 6 nitrogen and oxygen atoms in total. The molecule has 1 saturated carbocycles. The van der Waals surface area contributed by atoms with Gasteiger partial charge in [0.2, 0.25) is 0 Å². The molecular formula is C20H27NO5. The number of rotatable bonds is 4. The number of methoxy groups -OCH3 is 1. The Morgan fingerprint density at radius 1 is 1.23 bits per heavy atom. The van der Waals surface area contributed by atoms with Crippen molar-refractivity contribution in [3.05, 3.63) is 35.9 Å². The van der Waals surface area contributed by atoms with Crippen LogP contribution in [0.4, 0.5) is 0 Å². The Morgan fingerprint density at radius 2 is 2.00 bits per heavy atom. The lowest BCUT2D eigenvalue weighted by atomic mass is 9.94. The fourth-order valence-electron chi connectivity index (χ4n) is 4.27. The molecule has 4 rings (SSSR count). The van der Waals surface area contributed by atoms with Crippen molar-refractivity contribution < 1.29 is 23.8 Å². The van der Waals surface area contributed by atoms with Crippen LogP contribution in [0.3, 0.4) is 0 Å². The van der Waals surface area contributed by atoms with E-state index in [0.29, 0.717) is 19.6 Å². The fraction of sp³-hybridized carbons (Fsp3) is 0.650. The average Bonchev–Trinajstić information content (AvgIpc) is 3.27. The molecule has 2 aliphatic heterocycles. The molecule has 0 unspecified atom stereocenters. The van der Waals surface area contributed by atoms with E-state index >= 15 is 0 Å². The highest BCUT2D eigenvalue weighted by Gasteiger charge is 2.50. The van der Waals surface area contributed by atoms with E-state index < -0.39 is 11.9 Å². The smallest absolute Gasteiger partial charge is 0.337 e. The van der Waals surface area contributed by atoms with Crippen LogP contribution in [0.15, 0.2) is 30.3 Å². The number of benzene rings is 1. The molecule has 3 aliphatic rings. The van der Waals surface area contributed by atoms with Gasteiger partial charge in [-0.25, -0.2) is 4.79 Å². The predicted octanol–water partition coefficient (Wildman–Crippen LogP) is 2.81. The van der Waals surface area contributed by atoms with Crippen LogP contribution in [-0.2, 0) is 30.4 Å². The molecule has 3 fully saturated rings. The number of ether oxygens (including phenoxy) is 3. The molecule has 1 spiro atoms. The standard InChI is InChI=1S/C20H27NO5/c1-23-19(22)17-12-16(21(26-17)13-15-8-4-2-5-9-15)18-14-24-20(25-18)10-6-3-7-11-20/h2,4-5,8-9,16-18H,3,6-7,10-14H2,1H3/t16-,17-,18+/m0/s1. The lowest BCUT2D eigenvalue weighted by molar-refractivity contribution is -0.216. The van der Waals surface area contributed by atoms with Gasteiger partial charge in [-0.2, -0.15) is 5.06 Å². The van der Waals surface area contributed by atoms with Crippen LogP contribution in [0.2, 0.25) is 0 Å². The molecule has 0 N–H and O–H groups in total. The molecule has 6 heteroatoms. The summed E-state index contributed by atoms with van der Waals surface area (Å²) in [4.78, 5) is 18.0. The van der Waals surface area contributed by atoms with E-state index in [2.05, 4.69) is 12.1 Å². The van der Waals surface area contributed by atoms with Gasteiger partial charge < -0.3 is 14.2 Å². The first-order valence-electron chi connectivity index (χ1n) is 9.56. The van der Waals surface area contributed by atoms with Crippen molar-refractivity contribution in [1.29, 1.82) is 0 Å². The summed E-state index contributed by atoms with van der Waals surface area (Å²) < 4.78 is 17.4. The molecule has 0 aromatic heterocycles. The second kappa shape index (κ2) is 7.64. The van der Waals surface area contributed by atoms with Crippen LogP contribution >= 0.6 is 0 Å². The van der Waals surface area contributed by atoms with Crippen molar-refractivity contribution in [2.75, 3.05) is 13.7 Å². The van der Waals surface area contributed by atoms with Gasteiger partial charge in [0.25, 0.3) is 0 Å². The molecular weight excluding hydrogens is 334 g/mol. The van der Waals surface area contributed by atoms with Gasteiger partial charge in [-0.05, 0) is 18.4 Å². The van der Waals surface area contributed by atoms with E-state index in [4.69, 9.17) is 19.0 Å². The Bertz CT molecular complexity index is 616. The van der Waals surface area contributed by atoms with Crippen molar-refractivity contribution in [3.8, 4) is 0 Å². The highest BCUT2D eigenvalue weighted by atomic mass is 16.8. The maximum absolute atomic E-state index is 12.0. The zero-order chi connectivity index (χ0) is 18.0. The number of hydrogen-bond donors (Lipinski definition) is 0. The molecule has 1 aromatic carbocycles. The monoisotopic (exact) mass is 361 g/mol. The maximum atomic E-state index is 12.0. The van der Waals surface area contributed by atoms with E-state index in [9.17, 15) is 4.79 Å². The highest BCUT2D eigenvalue weighted by molar-refractivity contribution is 5.74. The molecule has 1 aliphatic carbocycles. The fourth-order valence-corrected chi connectivity index (χ4v) is 4.27. The number of carbonyl (C=O) groups is 1. The number of nitrogens with zero attached hydrogens (tertiary/aromatic N) is 1. The molecule has 2 heterocycles. The first kappa shape index (κ1) is 17.9. The van der Waals surface area contributed by atoms with Crippen molar-refractivity contribution in [3.63, 3.8) is 0 Å². The minimum Gasteiger partial charge on any atom is -0.467 e. The van der Waals surface area contributed by atoms with E-state index in [1.807, 2.05) is 23.3 Å². The van der Waals surface area contributed by atoms with Crippen LogP contribution in [0.1, 0.15) is 44.1 Å². The van der Waals surface area contributed by atoms with Crippen molar-refractivity contribution >= 4 is 5.97 Å². The zero-order valence-electron chi connectivity index (χ0n) is 15.3. The van der Waals surface area contributed by atoms with Gasteiger partial charge in [-0.15, -0.1) is 0 Å². The summed E-state index contributed by atoms with van der Waals surface area (Å²) in [7, 11) is 1.40. The van der Waals surface area contributed by atoms with E-state index in [-0.39, 0.29) is 18.1 Å². The maximum Gasteiger partial charge on any atom is 0.337 e. The van der Waals surface area contributed by atoms with Gasteiger partial charge in [-0.1, -0.05) is 36.8 Å². The normalized spacial score (nSPS) is 31.3. The van der Waals surface area contributed by atoms with E-state index in [1.54, 1.807) is 0 Å². The van der Waals surface area contributed by atoms with Crippen LogP contribution in [0.25, 0.3) is 0 Å². The van der Waals surface area contributed by atoms with Gasteiger partial charge in [-0.3, -0.25) is 4.84 Å². The first-order chi connectivity index (χ1) is 12.7. The van der Waals surface area contributed by atoms with Crippen LogP contribution in [0, 0.1) is 0 Å². The van der Waals surface area contributed by atoms with Crippen molar-refractivity contribution in [2.45, 2.75) is 69.1 Å². The molecule has 2 saturated heterocycles. The van der Waals surface area contributed by atoms with Crippen LogP contribution < -0.4 is 0 Å². The topological polar surface area (TPSA) is 57.2 Å². The Labute approximate surface area is 154 Å². The summed E-state index contributed by atoms with van der Waals surface area (Å²) in [5.41, 5.74) is 1.13. The number of hydroxylamine groups is 2. The van der Waals surface area contributed by atoms with E-state index in [1.165, 1.54) is 13.5 Å². The zero-order valence-corrected chi connectivity index (χ0v) is 15.3. The Hall–Kier alpha value is -1.47. The average molecular weight is 361 g/mol. The second-order valence-electron chi connectivity index (χ2n) is 7.42. The molecule has 0 bridgehead atoms. The highest BCUT2D eigenvalue weighted by Crippen LogP contribution is 2.41. The molecule has 26 heavy (non-hydrogen) atoms. The summed E-state index contributed by atoms with van der Waals surface area (Å²) in [5.74, 6) is -0.762. The van der Waals surface area contributed by atoms with Crippen LogP contribution in [-0.4, -0.2) is 48.8 Å². The SMILES string of the molecule is COC(=O)[C@@H]1C[C@@H]([C@H]2COC3(CCCCC3)O2)N(Cc2ccccc2)O1. The number of carbonyl (C=O) groups excluding carboxylic acids is 1. The van der Waals surface area contributed by atoms with Gasteiger partial charge in [0.05, 0.1) is 19.8 Å². The molecule has 142 valence electrons. The molecule has 1 aromatic rings. The number of hydrogen-bond acceptors (Lipinski definition) is 6. The second-order valence-corrected chi connectivity index (χ2v) is 7.42. The number of esters is 1. The Kier molecular flexibility index (Phi) is 5.27. The predicted molar refractivity (Wildman–Crippen MR) is 93.9 cm³/mol. The summed E-state index contributed by atoms with van der Waals surface area (Å²) in [6, 6.07) is 10.1. The summed E-state index contributed by atoms with van der Waals surface area (Å²) in [6.07, 6.45) is 5.33. The summed E-state index contributed by atoms with van der Waals surface area (Å²) in [5, 5.41) is 1.88. The Balaban J connectivity index is 1.48. The largest absolute Gasteiger partial charge is 0.467 e. The third-order valence-corrected chi connectivity index (χ3v) is 5.65. The lowest BCUT2D eigenvalue weighted by Crippen LogP contribution is -2.41. The summed E-state index contributed by atoms with van der Waals surface area (Å²) >= 11 is 0. The first-order valence-corrected chi connectivity index (χ1v) is 9.56. The summed E-state index contributed by atoms with van der Waals surface area (Å²) in [6.45, 7) is 1.15. The van der Waals surface area contributed by atoms with Crippen molar-refractivity contribution in [1.82, 2.24) is 5.06 Å². The Morgan fingerprint density at radius 3 is 2.73 bits per heavy atom. The third-order valence-electron chi connectivity index (χ3n) is 5.65. The van der Waals surface area contributed by atoms with Gasteiger partial charge in [0, 0.05) is 25.8 Å². The van der Waals surface area contributed by atoms with Gasteiger partial charge >= 0.3 is 5.97 Å². The minimum atomic E-state index is -0.583. The minimum absolute atomic E-state index is 0.0272. The third kappa shape index (κ3) is 3.64. The van der Waals surface area contributed by atoms with Crippen molar-refractivity contribution in [2.24, 2.45) is 0 Å². The molecule has 0 radical (unpaired) electrons. The molecule has 0 amide bonds. The molecule has 3 atom stereocenters. The quantitative estimate of drug-likeness (QED) is 0.769. The van der Waals surface area contributed by atoms with Crippen LogP contribution in [0.5, 0.6) is 0 Å².